The first-order chi connectivity index (χ1) is 14.3. The summed E-state index contributed by atoms with van der Waals surface area (Å²) in [5.74, 6) is -0.0644. The molecule has 1 aromatic heterocycles. The first-order valence-electron chi connectivity index (χ1n) is 9.96. The van der Waals surface area contributed by atoms with E-state index in [1.54, 1.807) is 34.0 Å². The minimum absolute atomic E-state index is 0.0580. The normalized spacial score (nSPS) is 19.0. The van der Waals surface area contributed by atoms with Crippen molar-refractivity contribution >= 4 is 23.4 Å². The van der Waals surface area contributed by atoms with Crippen molar-refractivity contribution in [2.24, 2.45) is 5.73 Å². The molecule has 1 fully saturated rings. The molecule has 2 amide bonds. The minimum atomic E-state index is -1.02. The van der Waals surface area contributed by atoms with Gasteiger partial charge in [-0.2, -0.15) is 5.10 Å². The van der Waals surface area contributed by atoms with Crippen LogP contribution in [0.25, 0.3) is 0 Å². The Labute approximate surface area is 180 Å². The van der Waals surface area contributed by atoms with E-state index in [1.807, 2.05) is 19.9 Å². The smallest absolute Gasteiger partial charge is 0.272 e. The fraction of sp³-hybridized carbons (Fsp3) is 0.476. The Morgan fingerprint density at radius 2 is 2.17 bits per heavy atom. The number of morpholine rings is 1. The van der Waals surface area contributed by atoms with Gasteiger partial charge in [0.15, 0.2) is 0 Å². The van der Waals surface area contributed by atoms with Gasteiger partial charge in [0.1, 0.15) is 23.7 Å². The molecular formula is C21H27ClN4O4. The van der Waals surface area contributed by atoms with E-state index in [0.717, 1.165) is 12.0 Å². The Morgan fingerprint density at radius 1 is 1.37 bits per heavy atom. The molecule has 0 radical (unpaired) electrons. The highest BCUT2D eigenvalue weighted by Crippen LogP contribution is 2.27. The second-order valence-electron chi connectivity index (χ2n) is 7.54. The second kappa shape index (κ2) is 9.49. The quantitative estimate of drug-likeness (QED) is 0.687. The van der Waals surface area contributed by atoms with Crippen LogP contribution in [-0.4, -0.2) is 58.4 Å². The lowest BCUT2D eigenvalue weighted by Crippen LogP contribution is -2.58. The van der Waals surface area contributed by atoms with Gasteiger partial charge in [0.05, 0.1) is 19.6 Å². The Hall–Kier alpha value is -2.58. The van der Waals surface area contributed by atoms with Crippen molar-refractivity contribution < 1.29 is 19.1 Å². The Kier molecular flexibility index (Phi) is 6.99. The molecule has 2 N–H and O–H groups in total. The lowest BCUT2D eigenvalue weighted by molar-refractivity contribution is -0.142. The Bertz CT molecular complexity index is 916. The molecule has 8 nitrogen and oxygen atoms in total. The highest BCUT2D eigenvalue weighted by Gasteiger charge is 2.41. The molecule has 3 rings (SSSR count). The van der Waals surface area contributed by atoms with Crippen LogP contribution >= 0.6 is 11.6 Å². The number of nitrogens with two attached hydrogens (primary N) is 1. The average molecular weight is 435 g/mol. The molecule has 9 heteroatoms. The van der Waals surface area contributed by atoms with Gasteiger partial charge in [-0.1, -0.05) is 18.5 Å². The fourth-order valence-electron chi connectivity index (χ4n) is 3.57. The molecule has 0 spiro atoms. The van der Waals surface area contributed by atoms with Gasteiger partial charge < -0.3 is 20.1 Å². The van der Waals surface area contributed by atoms with Crippen molar-refractivity contribution in [1.29, 1.82) is 0 Å². The SMILES string of the molecule is CCCn1nccc1C(=O)N1CCOC(COc2ccc(Cl)c(C)c2)(CC(N)=O)C1. The van der Waals surface area contributed by atoms with Crippen LogP contribution in [0, 0.1) is 6.92 Å². The lowest BCUT2D eigenvalue weighted by Gasteiger charge is -2.41. The number of aromatic nitrogens is 2. The predicted molar refractivity (Wildman–Crippen MR) is 113 cm³/mol. The first kappa shape index (κ1) is 22.1. The number of primary amides is 1. The Balaban J connectivity index is 1.77. The standard InChI is InChI=1S/C21H27ClN4O4/c1-3-8-26-18(6-7-24-26)20(28)25-9-10-30-21(13-25,12-19(23)27)14-29-16-4-5-17(22)15(2)11-16/h4-7,11H,3,8-10,12-14H2,1-2H3,(H2,23,27). The van der Waals surface area contributed by atoms with E-state index in [0.29, 0.717) is 29.6 Å². The molecular weight excluding hydrogens is 408 g/mol. The van der Waals surface area contributed by atoms with E-state index >= 15 is 0 Å². The maximum Gasteiger partial charge on any atom is 0.272 e. The monoisotopic (exact) mass is 434 g/mol. The summed E-state index contributed by atoms with van der Waals surface area (Å²) in [7, 11) is 0. The number of hydrogen-bond acceptors (Lipinski definition) is 5. The highest BCUT2D eigenvalue weighted by atomic mass is 35.5. The molecule has 1 saturated heterocycles. The molecule has 1 aliphatic heterocycles. The van der Waals surface area contributed by atoms with Gasteiger partial charge in [-0.05, 0) is 43.2 Å². The van der Waals surface area contributed by atoms with Crippen molar-refractivity contribution in [3.63, 3.8) is 0 Å². The van der Waals surface area contributed by atoms with Gasteiger partial charge in [-0.25, -0.2) is 0 Å². The van der Waals surface area contributed by atoms with Crippen molar-refractivity contribution in [2.45, 2.75) is 38.8 Å². The van der Waals surface area contributed by atoms with Crippen LogP contribution in [0.2, 0.25) is 5.02 Å². The molecule has 162 valence electrons. The topological polar surface area (TPSA) is 99.7 Å². The number of benzene rings is 1. The zero-order valence-electron chi connectivity index (χ0n) is 17.3. The molecule has 30 heavy (non-hydrogen) atoms. The molecule has 0 aliphatic carbocycles. The third kappa shape index (κ3) is 5.12. The van der Waals surface area contributed by atoms with Crippen LogP contribution in [-0.2, 0) is 16.1 Å². The molecule has 0 saturated carbocycles. The molecule has 1 unspecified atom stereocenters. The van der Waals surface area contributed by atoms with E-state index in [9.17, 15) is 9.59 Å². The van der Waals surface area contributed by atoms with Crippen molar-refractivity contribution in [1.82, 2.24) is 14.7 Å². The van der Waals surface area contributed by atoms with Crippen molar-refractivity contribution in [3.8, 4) is 5.75 Å². The third-order valence-corrected chi connectivity index (χ3v) is 5.46. The van der Waals surface area contributed by atoms with Gasteiger partial charge in [0.2, 0.25) is 5.91 Å². The summed E-state index contributed by atoms with van der Waals surface area (Å²) in [6.07, 6.45) is 2.43. The number of carbonyl (C=O) groups excluding carboxylic acids is 2. The summed E-state index contributed by atoms with van der Waals surface area (Å²) < 4.78 is 13.6. The largest absolute Gasteiger partial charge is 0.490 e. The van der Waals surface area contributed by atoms with Crippen LogP contribution in [0.3, 0.4) is 0 Å². The van der Waals surface area contributed by atoms with Gasteiger partial charge in [0, 0.05) is 24.3 Å². The molecule has 2 heterocycles. The number of rotatable bonds is 8. The molecule has 1 aliphatic rings. The van der Waals surface area contributed by atoms with E-state index < -0.39 is 11.5 Å². The van der Waals surface area contributed by atoms with E-state index in [2.05, 4.69) is 5.10 Å². The summed E-state index contributed by atoms with van der Waals surface area (Å²) in [4.78, 5) is 26.6. The number of hydrogen-bond donors (Lipinski definition) is 1. The van der Waals surface area contributed by atoms with E-state index in [1.165, 1.54) is 0 Å². The van der Waals surface area contributed by atoms with Gasteiger partial charge in [0.25, 0.3) is 5.91 Å². The number of amides is 2. The summed E-state index contributed by atoms with van der Waals surface area (Å²) in [5.41, 5.74) is 5.86. The van der Waals surface area contributed by atoms with Crippen LogP contribution in [0.5, 0.6) is 5.75 Å². The fourth-order valence-corrected chi connectivity index (χ4v) is 3.69. The third-order valence-electron chi connectivity index (χ3n) is 5.03. The average Bonchev–Trinajstić information content (AvgIpc) is 3.16. The number of aryl methyl sites for hydroxylation is 2. The molecule has 0 bridgehead atoms. The summed E-state index contributed by atoms with van der Waals surface area (Å²) in [5, 5.41) is 4.87. The second-order valence-corrected chi connectivity index (χ2v) is 7.95. The summed E-state index contributed by atoms with van der Waals surface area (Å²) in [6.45, 7) is 5.53. The van der Waals surface area contributed by atoms with Crippen LogP contribution in [0.15, 0.2) is 30.5 Å². The van der Waals surface area contributed by atoms with Gasteiger partial charge >= 0.3 is 0 Å². The Morgan fingerprint density at radius 3 is 2.87 bits per heavy atom. The van der Waals surface area contributed by atoms with E-state index in [-0.39, 0.29) is 32.1 Å². The predicted octanol–water partition coefficient (Wildman–Crippen LogP) is 2.42. The minimum Gasteiger partial charge on any atom is -0.490 e. The number of ether oxygens (including phenoxy) is 2. The van der Waals surface area contributed by atoms with Crippen LogP contribution in [0.4, 0.5) is 0 Å². The maximum atomic E-state index is 13.1. The van der Waals surface area contributed by atoms with Crippen molar-refractivity contribution in [2.75, 3.05) is 26.3 Å². The van der Waals surface area contributed by atoms with Gasteiger partial charge in [-0.3, -0.25) is 14.3 Å². The molecule has 1 aromatic carbocycles. The zero-order valence-corrected chi connectivity index (χ0v) is 18.0. The summed E-state index contributed by atoms with van der Waals surface area (Å²) >= 11 is 6.07. The van der Waals surface area contributed by atoms with Crippen LogP contribution in [0.1, 0.15) is 35.8 Å². The highest BCUT2D eigenvalue weighted by molar-refractivity contribution is 6.31. The molecule has 1 atom stereocenters. The van der Waals surface area contributed by atoms with E-state index in [4.69, 9.17) is 26.8 Å². The van der Waals surface area contributed by atoms with Gasteiger partial charge in [-0.15, -0.1) is 0 Å². The number of halogens is 1. The first-order valence-corrected chi connectivity index (χ1v) is 10.3. The van der Waals surface area contributed by atoms with Crippen molar-refractivity contribution in [3.05, 3.63) is 46.7 Å². The number of carbonyl (C=O) groups is 2. The summed E-state index contributed by atoms with van der Waals surface area (Å²) in [6, 6.07) is 7.02. The molecule has 2 aromatic rings. The maximum absolute atomic E-state index is 13.1. The van der Waals surface area contributed by atoms with Crippen LogP contribution < -0.4 is 10.5 Å². The number of nitrogens with zero attached hydrogens (tertiary/aromatic N) is 3. The lowest BCUT2D eigenvalue weighted by atomic mass is 9.97. The zero-order chi connectivity index (χ0) is 21.7.